The Balaban J connectivity index is 1.50. The smallest absolute Gasteiger partial charge is 0.261 e. The van der Waals surface area contributed by atoms with Crippen LogP contribution in [0, 0.1) is 0 Å². The van der Waals surface area contributed by atoms with E-state index in [0.717, 1.165) is 24.0 Å². The summed E-state index contributed by atoms with van der Waals surface area (Å²) in [6.07, 6.45) is 1.92. The van der Waals surface area contributed by atoms with Gasteiger partial charge in [-0.15, -0.1) is 0 Å². The molecule has 6 heteroatoms. The van der Waals surface area contributed by atoms with Crippen LogP contribution in [0.1, 0.15) is 28.8 Å². The fourth-order valence-corrected chi connectivity index (χ4v) is 3.88. The van der Waals surface area contributed by atoms with Gasteiger partial charge in [-0.1, -0.05) is 41.9 Å². The third-order valence-electron chi connectivity index (χ3n) is 5.42. The highest BCUT2D eigenvalue weighted by Gasteiger charge is 2.45. The van der Waals surface area contributed by atoms with Gasteiger partial charge in [0, 0.05) is 28.2 Å². The number of rotatable bonds is 6. The van der Waals surface area contributed by atoms with Gasteiger partial charge < -0.3 is 15.0 Å². The van der Waals surface area contributed by atoms with E-state index in [2.05, 4.69) is 10.3 Å². The molecule has 0 aliphatic heterocycles. The van der Waals surface area contributed by atoms with Crippen molar-refractivity contribution in [3.05, 3.63) is 87.2 Å². The van der Waals surface area contributed by atoms with Gasteiger partial charge in [0.05, 0.1) is 7.11 Å². The topological polar surface area (TPSA) is 71.2 Å². The SMILES string of the molecule is COc1cccc(-c2ccc(C(=O)NCC3(c4ccccc4Cl)CC3)c(=O)[nH]2)c1. The average molecular weight is 409 g/mol. The second-order valence-electron chi connectivity index (χ2n) is 7.29. The van der Waals surface area contributed by atoms with Gasteiger partial charge in [-0.2, -0.15) is 0 Å². The first kappa shape index (κ1) is 19.3. The van der Waals surface area contributed by atoms with Crippen LogP contribution in [0.3, 0.4) is 0 Å². The van der Waals surface area contributed by atoms with Crippen LogP contribution >= 0.6 is 11.6 Å². The number of hydrogen-bond acceptors (Lipinski definition) is 3. The normalized spacial score (nSPS) is 14.3. The molecule has 3 aromatic rings. The van der Waals surface area contributed by atoms with E-state index in [0.29, 0.717) is 23.0 Å². The van der Waals surface area contributed by atoms with Crippen LogP contribution in [0.4, 0.5) is 0 Å². The van der Waals surface area contributed by atoms with Gasteiger partial charge in [0.15, 0.2) is 0 Å². The van der Waals surface area contributed by atoms with Crippen molar-refractivity contribution in [3.8, 4) is 17.0 Å². The van der Waals surface area contributed by atoms with Crippen molar-refractivity contribution >= 4 is 17.5 Å². The molecule has 0 saturated heterocycles. The van der Waals surface area contributed by atoms with E-state index in [1.165, 1.54) is 0 Å². The van der Waals surface area contributed by atoms with Crippen LogP contribution in [0.5, 0.6) is 5.75 Å². The van der Waals surface area contributed by atoms with Gasteiger partial charge >= 0.3 is 0 Å². The number of pyridine rings is 1. The molecule has 1 amide bonds. The van der Waals surface area contributed by atoms with E-state index in [1.807, 2.05) is 48.5 Å². The third-order valence-corrected chi connectivity index (χ3v) is 5.75. The molecule has 1 aliphatic rings. The number of carbonyl (C=O) groups excluding carboxylic acids is 1. The summed E-state index contributed by atoms with van der Waals surface area (Å²) in [7, 11) is 1.59. The van der Waals surface area contributed by atoms with Gasteiger partial charge in [0.25, 0.3) is 11.5 Å². The lowest BCUT2D eigenvalue weighted by Gasteiger charge is -2.18. The highest BCUT2D eigenvalue weighted by Crippen LogP contribution is 2.49. The molecule has 0 unspecified atom stereocenters. The highest BCUT2D eigenvalue weighted by molar-refractivity contribution is 6.31. The Morgan fingerprint density at radius 2 is 1.93 bits per heavy atom. The second-order valence-corrected chi connectivity index (χ2v) is 7.70. The van der Waals surface area contributed by atoms with Crippen molar-refractivity contribution in [2.45, 2.75) is 18.3 Å². The van der Waals surface area contributed by atoms with Crippen molar-refractivity contribution in [3.63, 3.8) is 0 Å². The molecule has 1 aromatic heterocycles. The van der Waals surface area contributed by atoms with Gasteiger partial charge in [-0.3, -0.25) is 9.59 Å². The van der Waals surface area contributed by atoms with Crippen LogP contribution in [-0.4, -0.2) is 24.5 Å². The minimum Gasteiger partial charge on any atom is -0.497 e. The number of halogens is 1. The molecule has 29 heavy (non-hydrogen) atoms. The molecule has 1 heterocycles. The van der Waals surface area contributed by atoms with E-state index >= 15 is 0 Å². The zero-order valence-electron chi connectivity index (χ0n) is 16.0. The number of methoxy groups -OCH3 is 1. The number of amides is 1. The summed E-state index contributed by atoms with van der Waals surface area (Å²) in [5.74, 6) is 0.307. The Kier molecular flexibility index (Phi) is 5.16. The molecule has 148 valence electrons. The highest BCUT2D eigenvalue weighted by atomic mass is 35.5. The summed E-state index contributed by atoms with van der Waals surface area (Å²) in [5, 5.41) is 3.62. The molecule has 0 spiro atoms. The van der Waals surface area contributed by atoms with E-state index < -0.39 is 5.56 Å². The number of aromatic amines is 1. The van der Waals surface area contributed by atoms with Crippen LogP contribution < -0.4 is 15.6 Å². The minimum atomic E-state index is -0.426. The largest absolute Gasteiger partial charge is 0.497 e. The number of nitrogens with one attached hydrogen (secondary N) is 2. The summed E-state index contributed by atoms with van der Waals surface area (Å²) in [5.41, 5.74) is 2.01. The molecule has 1 fully saturated rings. The Labute approximate surface area is 173 Å². The first-order valence-electron chi connectivity index (χ1n) is 9.43. The van der Waals surface area contributed by atoms with E-state index in [9.17, 15) is 9.59 Å². The first-order valence-corrected chi connectivity index (χ1v) is 9.81. The Morgan fingerprint density at radius 1 is 1.14 bits per heavy atom. The van der Waals surface area contributed by atoms with Crippen LogP contribution in [-0.2, 0) is 5.41 Å². The molecular weight excluding hydrogens is 388 g/mol. The summed E-state index contributed by atoms with van der Waals surface area (Å²) >= 11 is 6.33. The van der Waals surface area contributed by atoms with Gasteiger partial charge in [0.2, 0.25) is 0 Å². The molecule has 5 nitrogen and oxygen atoms in total. The average Bonchev–Trinajstić information content (AvgIpc) is 3.53. The minimum absolute atomic E-state index is 0.0894. The fraction of sp³-hybridized carbons (Fsp3) is 0.217. The lowest BCUT2D eigenvalue weighted by atomic mass is 9.95. The van der Waals surface area contributed by atoms with Gasteiger partial charge in [0.1, 0.15) is 11.3 Å². The van der Waals surface area contributed by atoms with E-state index in [4.69, 9.17) is 16.3 Å². The van der Waals surface area contributed by atoms with Crippen molar-refractivity contribution in [2.75, 3.05) is 13.7 Å². The summed E-state index contributed by atoms with van der Waals surface area (Å²) in [4.78, 5) is 27.9. The lowest BCUT2D eigenvalue weighted by molar-refractivity contribution is 0.0948. The molecule has 1 saturated carbocycles. The van der Waals surface area contributed by atoms with Crippen LogP contribution in [0.15, 0.2) is 65.5 Å². The van der Waals surface area contributed by atoms with Crippen molar-refractivity contribution in [1.82, 2.24) is 10.3 Å². The van der Waals surface area contributed by atoms with Crippen LogP contribution in [0.2, 0.25) is 5.02 Å². The molecule has 2 aromatic carbocycles. The summed E-state index contributed by atoms with van der Waals surface area (Å²) in [6, 6.07) is 18.4. The van der Waals surface area contributed by atoms with Crippen molar-refractivity contribution in [1.29, 1.82) is 0 Å². The molecule has 1 aliphatic carbocycles. The fourth-order valence-electron chi connectivity index (χ4n) is 3.54. The molecule has 0 bridgehead atoms. The number of ether oxygens (including phenoxy) is 1. The summed E-state index contributed by atoms with van der Waals surface area (Å²) < 4.78 is 5.22. The number of benzene rings is 2. The standard InChI is InChI=1S/C23H21ClN2O3/c1-29-16-6-4-5-15(13-16)20-10-9-17(22(28)26-20)21(27)25-14-23(11-12-23)18-7-2-3-8-19(18)24/h2-10,13H,11-12,14H2,1H3,(H,25,27)(H,26,28). The van der Waals surface area contributed by atoms with Gasteiger partial charge in [-0.25, -0.2) is 0 Å². The van der Waals surface area contributed by atoms with Gasteiger partial charge in [-0.05, 0) is 48.7 Å². The van der Waals surface area contributed by atoms with E-state index in [-0.39, 0.29) is 16.9 Å². The predicted octanol–water partition coefficient (Wildman–Crippen LogP) is 4.17. The lowest BCUT2D eigenvalue weighted by Crippen LogP contribution is -2.35. The zero-order valence-corrected chi connectivity index (χ0v) is 16.8. The molecule has 0 radical (unpaired) electrons. The summed E-state index contributed by atoms with van der Waals surface area (Å²) in [6.45, 7) is 0.451. The predicted molar refractivity (Wildman–Crippen MR) is 114 cm³/mol. The number of hydrogen-bond donors (Lipinski definition) is 2. The molecular formula is C23H21ClN2O3. The Bertz CT molecular complexity index is 1120. The third kappa shape index (κ3) is 3.91. The van der Waals surface area contributed by atoms with Crippen LogP contribution in [0.25, 0.3) is 11.3 Å². The zero-order chi connectivity index (χ0) is 20.4. The quantitative estimate of drug-likeness (QED) is 0.643. The molecule has 0 atom stereocenters. The van der Waals surface area contributed by atoms with Crippen molar-refractivity contribution in [2.24, 2.45) is 0 Å². The maximum atomic E-state index is 12.6. The number of H-pyrrole nitrogens is 1. The first-order chi connectivity index (χ1) is 14.0. The number of aromatic nitrogens is 1. The Morgan fingerprint density at radius 3 is 2.62 bits per heavy atom. The maximum absolute atomic E-state index is 12.6. The molecule has 4 rings (SSSR count). The Hall–Kier alpha value is -3.05. The van der Waals surface area contributed by atoms with Crippen molar-refractivity contribution < 1.29 is 9.53 Å². The monoisotopic (exact) mass is 408 g/mol. The molecule has 2 N–H and O–H groups in total. The number of carbonyl (C=O) groups is 1. The second kappa shape index (κ2) is 7.76. The van der Waals surface area contributed by atoms with E-state index in [1.54, 1.807) is 19.2 Å². The maximum Gasteiger partial charge on any atom is 0.261 e.